The highest BCUT2D eigenvalue weighted by molar-refractivity contribution is 7.17. The first-order valence-corrected chi connectivity index (χ1v) is 12.0. The molecule has 1 saturated heterocycles. The van der Waals surface area contributed by atoms with Crippen molar-refractivity contribution in [2.75, 3.05) is 18.5 Å². The van der Waals surface area contributed by atoms with Gasteiger partial charge in [-0.15, -0.1) is 11.3 Å². The van der Waals surface area contributed by atoms with E-state index in [-0.39, 0.29) is 41.6 Å². The zero-order valence-corrected chi connectivity index (χ0v) is 20.3. The fourth-order valence-electron chi connectivity index (χ4n) is 3.81. The second kappa shape index (κ2) is 10.4. The van der Waals surface area contributed by atoms with Gasteiger partial charge in [0.05, 0.1) is 17.5 Å². The Morgan fingerprint density at radius 3 is 2.69 bits per heavy atom. The number of likely N-dealkylation sites (tertiary alicyclic amines) is 1. The average Bonchev–Trinajstić information content (AvgIpc) is 3.37. The maximum atomic E-state index is 13.4. The first kappa shape index (κ1) is 24.1. The number of nitrogens with zero attached hydrogens (tertiary/aromatic N) is 3. The number of amides is 2. The van der Waals surface area contributed by atoms with Crippen LogP contribution in [0.1, 0.15) is 72.8 Å². The van der Waals surface area contributed by atoms with Crippen LogP contribution in [0.2, 0.25) is 0 Å². The Balaban J connectivity index is 2.02. The summed E-state index contributed by atoms with van der Waals surface area (Å²) in [6, 6.07) is 1.99. The normalized spacial score (nSPS) is 17.0. The molecule has 2 aromatic heterocycles. The maximum Gasteiger partial charge on any atom is 0.280 e. The largest absolute Gasteiger partial charge is 0.394 e. The number of aromatic nitrogens is 2. The van der Waals surface area contributed by atoms with Crippen LogP contribution >= 0.6 is 11.3 Å². The summed E-state index contributed by atoms with van der Waals surface area (Å²) in [7, 11) is 0. The molecule has 32 heavy (non-hydrogen) atoms. The molecule has 8 nitrogen and oxygen atoms in total. The number of aliphatic hydroxyl groups excluding tert-OH is 1. The lowest BCUT2D eigenvalue weighted by Gasteiger charge is -2.21. The molecule has 0 spiro atoms. The minimum atomic E-state index is -0.380. The van der Waals surface area contributed by atoms with Crippen LogP contribution in [-0.4, -0.2) is 63.1 Å². The number of carbonyl (C=O) groups excluding carboxylic acids is 2. The van der Waals surface area contributed by atoms with E-state index in [2.05, 4.69) is 20.6 Å². The number of thiazole rings is 1. The second-order valence-electron chi connectivity index (χ2n) is 8.63. The van der Waals surface area contributed by atoms with E-state index < -0.39 is 0 Å². The topological polar surface area (TPSA) is 107 Å². The van der Waals surface area contributed by atoms with E-state index in [1.54, 1.807) is 6.20 Å². The predicted octanol–water partition coefficient (Wildman–Crippen LogP) is 3.46. The van der Waals surface area contributed by atoms with E-state index >= 15 is 0 Å². The summed E-state index contributed by atoms with van der Waals surface area (Å²) in [6.07, 6.45) is 4.26. The van der Waals surface area contributed by atoms with E-state index in [4.69, 9.17) is 0 Å². The van der Waals surface area contributed by atoms with Crippen molar-refractivity contribution in [1.29, 1.82) is 0 Å². The molecule has 0 unspecified atom stereocenters. The van der Waals surface area contributed by atoms with Crippen molar-refractivity contribution in [1.82, 2.24) is 20.2 Å². The Morgan fingerprint density at radius 2 is 2.12 bits per heavy atom. The van der Waals surface area contributed by atoms with Crippen LogP contribution in [0.4, 0.5) is 5.82 Å². The summed E-state index contributed by atoms with van der Waals surface area (Å²) in [5, 5.41) is 15.7. The number of hydrogen-bond acceptors (Lipinski definition) is 7. The molecular weight excluding hydrogens is 426 g/mol. The number of hydrogen-bond donors (Lipinski definition) is 3. The van der Waals surface area contributed by atoms with Crippen molar-refractivity contribution in [2.45, 2.75) is 72.0 Å². The van der Waals surface area contributed by atoms with Gasteiger partial charge in [-0.1, -0.05) is 6.92 Å². The quantitative estimate of drug-likeness (QED) is 0.558. The molecular formula is C23H33N5O3S. The monoisotopic (exact) mass is 459 g/mol. The zero-order valence-electron chi connectivity index (χ0n) is 19.4. The predicted molar refractivity (Wildman–Crippen MR) is 127 cm³/mol. The summed E-state index contributed by atoms with van der Waals surface area (Å²) in [5.41, 5.74) is 2.03. The third kappa shape index (κ3) is 5.27. The zero-order chi connectivity index (χ0) is 23.4. The molecule has 3 rings (SSSR count). The van der Waals surface area contributed by atoms with Gasteiger partial charge in [-0.05, 0) is 58.6 Å². The summed E-state index contributed by atoms with van der Waals surface area (Å²) >= 11 is 1.19. The molecule has 1 aliphatic heterocycles. The SMILES string of the molecule is CC[C@H](CO)NC(=O)c1nc(C(=O)N2CCC[C@@H]2C)c(-c2cnc(NC(C)C)cc2C)s1. The highest BCUT2D eigenvalue weighted by Crippen LogP contribution is 2.35. The second-order valence-corrected chi connectivity index (χ2v) is 9.63. The lowest BCUT2D eigenvalue weighted by atomic mass is 10.1. The average molecular weight is 460 g/mol. The minimum absolute atomic E-state index is 0.144. The number of aryl methyl sites for hydroxylation is 1. The maximum absolute atomic E-state index is 13.4. The van der Waals surface area contributed by atoms with Crippen molar-refractivity contribution >= 4 is 29.0 Å². The number of rotatable bonds is 8. The molecule has 0 radical (unpaired) electrons. The van der Waals surface area contributed by atoms with Crippen LogP contribution in [0.15, 0.2) is 12.3 Å². The molecule has 174 valence electrons. The van der Waals surface area contributed by atoms with E-state index in [0.29, 0.717) is 23.5 Å². The van der Waals surface area contributed by atoms with Crippen molar-refractivity contribution in [3.05, 3.63) is 28.5 Å². The molecule has 2 aromatic rings. The van der Waals surface area contributed by atoms with Gasteiger partial charge >= 0.3 is 0 Å². The molecule has 2 atom stereocenters. The van der Waals surface area contributed by atoms with Gasteiger partial charge in [0.15, 0.2) is 5.01 Å². The minimum Gasteiger partial charge on any atom is -0.394 e. The molecule has 0 aliphatic carbocycles. The smallest absolute Gasteiger partial charge is 0.280 e. The molecule has 9 heteroatoms. The molecule has 0 bridgehead atoms. The van der Waals surface area contributed by atoms with Crippen LogP contribution in [0.25, 0.3) is 10.4 Å². The van der Waals surface area contributed by atoms with Crippen LogP contribution < -0.4 is 10.6 Å². The lowest BCUT2D eigenvalue weighted by Crippen LogP contribution is -2.37. The number of pyridine rings is 1. The number of anilines is 1. The van der Waals surface area contributed by atoms with Crippen LogP contribution in [0, 0.1) is 6.92 Å². The van der Waals surface area contributed by atoms with Crippen molar-refractivity contribution in [3.8, 4) is 10.4 Å². The van der Waals surface area contributed by atoms with Gasteiger partial charge in [-0.3, -0.25) is 9.59 Å². The Hall–Kier alpha value is -2.52. The van der Waals surface area contributed by atoms with Gasteiger partial charge in [-0.2, -0.15) is 0 Å². The third-order valence-electron chi connectivity index (χ3n) is 5.68. The van der Waals surface area contributed by atoms with E-state index in [0.717, 1.165) is 29.8 Å². The van der Waals surface area contributed by atoms with Crippen molar-refractivity contribution < 1.29 is 14.7 Å². The van der Waals surface area contributed by atoms with Crippen LogP contribution in [0.3, 0.4) is 0 Å². The first-order chi connectivity index (χ1) is 15.2. The number of aliphatic hydroxyl groups is 1. The Morgan fingerprint density at radius 1 is 1.38 bits per heavy atom. The Kier molecular flexibility index (Phi) is 7.84. The van der Waals surface area contributed by atoms with E-state index in [9.17, 15) is 14.7 Å². The molecule has 3 heterocycles. The molecule has 1 fully saturated rings. The number of carbonyl (C=O) groups is 2. The Labute approximate surface area is 193 Å². The molecule has 0 saturated carbocycles. The number of nitrogens with one attached hydrogen (secondary N) is 2. The van der Waals surface area contributed by atoms with Crippen molar-refractivity contribution in [3.63, 3.8) is 0 Å². The van der Waals surface area contributed by atoms with Gasteiger partial charge in [0.2, 0.25) is 0 Å². The molecule has 0 aromatic carbocycles. The van der Waals surface area contributed by atoms with Crippen LogP contribution in [-0.2, 0) is 0 Å². The van der Waals surface area contributed by atoms with Gasteiger partial charge in [-0.25, -0.2) is 9.97 Å². The summed E-state index contributed by atoms with van der Waals surface area (Å²) < 4.78 is 0. The summed E-state index contributed by atoms with van der Waals surface area (Å²) in [5.74, 6) is 0.228. The highest BCUT2D eigenvalue weighted by Gasteiger charge is 2.32. The molecule has 3 N–H and O–H groups in total. The van der Waals surface area contributed by atoms with Gasteiger partial charge in [0.1, 0.15) is 11.5 Å². The summed E-state index contributed by atoms with van der Waals surface area (Å²) in [6.45, 7) is 10.5. The summed E-state index contributed by atoms with van der Waals surface area (Å²) in [4.78, 5) is 37.7. The fourth-order valence-corrected chi connectivity index (χ4v) is 4.84. The standard InChI is InChI=1S/C23H33N5O3S/c1-6-16(12-29)26-21(30)22-27-19(23(31)28-9-7-8-15(28)5)20(32-22)17-11-24-18(10-14(17)4)25-13(2)3/h10-11,13,15-16,29H,6-9,12H2,1-5H3,(H,24,25)(H,26,30)/t15-,16+/m0/s1. The van der Waals surface area contributed by atoms with Crippen molar-refractivity contribution in [2.24, 2.45) is 0 Å². The molecule has 2 amide bonds. The third-order valence-corrected chi connectivity index (χ3v) is 6.77. The van der Waals surface area contributed by atoms with Gasteiger partial charge < -0.3 is 20.6 Å². The molecule has 1 aliphatic rings. The van der Waals surface area contributed by atoms with E-state index in [1.807, 2.05) is 45.6 Å². The van der Waals surface area contributed by atoms with Gasteiger partial charge in [0.25, 0.3) is 11.8 Å². The van der Waals surface area contributed by atoms with E-state index in [1.165, 1.54) is 11.3 Å². The first-order valence-electron chi connectivity index (χ1n) is 11.2. The lowest BCUT2D eigenvalue weighted by molar-refractivity contribution is 0.0743. The Bertz CT molecular complexity index is 971. The van der Waals surface area contributed by atoms with Crippen LogP contribution in [0.5, 0.6) is 0 Å². The fraction of sp³-hybridized carbons (Fsp3) is 0.565. The highest BCUT2D eigenvalue weighted by atomic mass is 32.1. The van der Waals surface area contributed by atoms with Gasteiger partial charge in [0, 0.05) is 30.4 Å².